The van der Waals surface area contributed by atoms with Crippen molar-refractivity contribution in [2.45, 2.75) is 25.4 Å². The lowest BCUT2D eigenvalue weighted by Gasteiger charge is -2.27. The number of benzene rings is 3. The number of amides is 2. The summed E-state index contributed by atoms with van der Waals surface area (Å²) in [4.78, 5) is 30.8. The molecule has 1 fully saturated rings. The number of hydrogen-bond donors (Lipinski definition) is 1. The van der Waals surface area contributed by atoms with E-state index in [1.807, 2.05) is 59.5 Å². The van der Waals surface area contributed by atoms with Crippen molar-refractivity contribution in [3.63, 3.8) is 0 Å². The zero-order valence-electron chi connectivity index (χ0n) is 18.9. The maximum atomic E-state index is 13.6. The highest BCUT2D eigenvalue weighted by molar-refractivity contribution is 5.97. The van der Waals surface area contributed by atoms with Gasteiger partial charge >= 0.3 is 0 Å². The minimum atomic E-state index is -0.597. The van der Waals surface area contributed by atoms with Gasteiger partial charge in [0.15, 0.2) is 0 Å². The van der Waals surface area contributed by atoms with Crippen LogP contribution in [-0.2, 0) is 17.8 Å². The summed E-state index contributed by atoms with van der Waals surface area (Å²) in [6.45, 7) is 4.04. The van der Waals surface area contributed by atoms with Crippen molar-refractivity contribution in [3.05, 3.63) is 108 Å². The van der Waals surface area contributed by atoms with Crippen LogP contribution in [0.25, 0.3) is 0 Å². The Morgan fingerprint density at radius 3 is 2.00 bits per heavy atom. The normalized spacial score (nSPS) is 15.5. The summed E-state index contributed by atoms with van der Waals surface area (Å²) in [5.74, 6) is -0.227. The van der Waals surface area contributed by atoms with Gasteiger partial charge < -0.3 is 10.2 Å². The summed E-state index contributed by atoms with van der Waals surface area (Å²) < 4.78 is 0. The predicted octanol–water partition coefficient (Wildman–Crippen LogP) is 3.76. The molecule has 1 unspecified atom stereocenters. The highest BCUT2D eigenvalue weighted by atomic mass is 16.2. The van der Waals surface area contributed by atoms with Crippen LogP contribution >= 0.6 is 0 Å². The second kappa shape index (κ2) is 11.4. The van der Waals surface area contributed by atoms with Crippen LogP contribution in [0.1, 0.15) is 27.9 Å². The predicted molar refractivity (Wildman–Crippen MR) is 131 cm³/mol. The van der Waals surface area contributed by atoms with E-state index in [1.165, 1.54) is 5.56 Å². The molecule has 3 aromatic rings. The van der Waals surface area contributed by atoms with Gasteiger partial charge in [0.2, 0.25) is 5.91 Å². The third kappa shape index (κ3) is 6.53. The SMILES string of the molecule is O=C(NC(Cc1ccccc1)C(=O)N1CCCN(Cc2ccccc2)CC1)c1ccccc1. The Bertz CT molecular complexity index is 1020. The first-order chi connectivity index (χ1) is 16.2. The van der Waals surface area contributed by atoms with Crippen LogP contribution in [0.5, 0.6) is 0 Å². The van der Waals surface area contributed by atoms with Gasteiger partial charge in [0.25, 0.3) is 5.91 Å². The van der Waals surface area contributed by atoms with E-state index in [9.17, 15) is 9.59 Å². The number of carbonyl (C=O) groups excluding carboxylic acids is 2. The van der Waals surface area contributed by atoms with Crippen LogP contribution in [0.4, 0.5) is 0 Å². The molecule has 1 atom stereocenters. The number of hydrogen-bond acceptors (Lipinski definition) is 3. The third-order valence-corrected chi connectivity index (χ3v) is 6.07. The Kier molecular flexibility index (Phi) is 7.88. The largest absolute Gasteiger partial charge is 0.340 e. The van der Waals surface area contributed by atoms with Gasteiger partial charge in [-0.25, -0.2) is 0 Å². The molecule has 1 aliphatic heterocycles. The summed E-state index contributed by atoms with van der Waals surface area (Å²) in [5, 5.41) is 3.01. The Hall–Kier alpha value is -3.44. The maximum absolute atomic E-state index is 13.6. The van der Waals surface area contributed by atoms with E-state index in [2.05, 4.69) is 34.5 Å². The first kappa shape index (κ1) is 22.7. The molecule has 0 aromatic heterocycles. The number of rotatable bonds is 7. The molecule has 0 saturated carbocycles. The van der Waals surface area contributed by atoms with Crippen LogP contribution in [0.3, 0.4) is 0 Å². The molecule has 0 aliphatic carbocycles. The molecule has 1 aliphatic rings. The molecule has 5 nitrogen and oxygen atoms in total. The maximum Gasteiger partial charge on any atom is 0.251 e. The van der Waals surface area contributed by atoms with Gasteiger partial charge in [-0.3, -0.25) is 14.5 Å². The van der Waals surface area contributed by atoms with Gasteiger partial charge in [-0.1, -0.05) is 78.9 Å². The molecule has 1 heterocycles. The van der Waals surface area contributed by atoms with Crippen molar-refractivity contribution in [1.29, 1.82) is 0 Å². The first-order valence-electron chi connectivity index (χ1n) is 11.6. The fourth-order valence-corrected chi connectivity index (χ4v) is 4.29. The van der Waals surface area contributed by atoms with E-state index < -0.39 is 6.04 Å². The van der Waals surface area contributed by atoms with Gasteiger partial charge in [-0.05, 0) is 29.7 Å². The van der Waals surface area contributed by atoms with Crippen LogP contribution in [0.15, 0.2) is 91.0 Å². The fourth-order valence-electron chi connectivity index (χ4n) is 4.29. The van der Waals surface area contributed by atoms with Crippen molar-refractivity contribution in [2.24, 2.45) is 0 Å². The molecule has 5 heteroatoms. The third-order valence-electron chi connectivity index (χ3n) is 6.07. The highest BCUT2D eigenvalue weighted by Gasteiger charge is 2.28. The van der Waals surface area contributed by atoms with E-state index in [0.29, 0.717) is 25.1 Å². The van der Waals surface area contributed by atoms with E-state index in [4.69, 9.17) is 0 Å². The smallest absolute Gasteiger partial charge is 0.251 e. The molecule has 1 saturated heterocycles. The van der Waals surface area contributed by atoms with Crippen LogP contribution < -0.4 is 5.32 Å². The van der Waals surface area contributed by atoms with Crippen molar-refractivity contribution >= 4 is 11.8 Å². The zero-order valence-corrected chi connectivity index (χ0v) is 18.9. The monoisotopic (exact) mass is 441 g/mol. The van der Waals surface area contributed by atoms with Gasteiger partial charge in [0.1, 0.15) is 6.04 Å². The van der Waals surface area contributed by atoms with E-state index in [-0.39, 0.29) is 11.8 Å². The van der Waals surface area contributed by atoms with Crippen molar-refractivity contribution in [2.75, 3.05) is 26.2 Å². The fraction of sp³-hybridized carbons (Fsp3) is 0.286. The molecule has 0 bridgehead atoms. The average Bonchev–Trinajstić information content (AvgIpc) is 3.10. The summed E-state index contributed by atoms with van der Waals surface area (Å²) in [6, 6.07) is 28.8. The molecule has 4 rings (SSSR count). The quantitative estimate of drug-likeness (QED) is 0.607. The van der Waals surface area contributed by atoms with Gasteiger partial charge in [0, 0.05) is 44.7 Å². The van der Waals surface area contributed by atoms with Crippen LogP contribution in [0.2, 0.25) is 0 Å². The Morgan fingerprint density at radius 1 is 0.727 bits per heavy atom. The lowest BCUT2D eigenvalue weighted by atomic mass is 10.0. The average molecular weight is 442 g/mol. The van der Waals surface area contributed by atoms with Crippen molar-refractivity contribution < 1.29 is 9.59 Å². The zero-order chi connectivity index (χ0) is 22.9. The number of nitrogens with one attached hydrogen (secondary N) is 1. The Balaban J connectivity index is 1.44. The lowest BCUT2D eigenvalue weighted by Crippen LogP contribution is -2.50. The minimum Gasteiger partial charge on any atom is -0.340 e. The molecule has 1 N–H and O–H groups in total. The van der Waals surface area contributed by atoms with E-state index in [1.54, 1.807) is 12.1 Å². The Morgan fingerprint density at radius 2 is 1.33 bits per heavy atom. The molecular weight excluding hydrogens is 410 g/mol. The summed E-state index contributed by atoms with van der Waals surface area (Å²) in [6.07, 6.45) is 1.39. The van der Waals surface area contributed by atoms with Crippen molar-refractivity contribution in [1.82, 2.24) is 15.1 Å². The number of carbonyl (C=O) groups is 2. The summed E-state index contributed by atoms with van der Waals surface area (Å²) >= 11 is 0. The molecule has 33 heavy (non-hydrogen) atoms. The van der Waals surface area contributed by atoms with E-state index in [0.717, 1.165) is 31.6 Å². The van der Waals surface area contributed by atoms with Crippen LogP contribution in [0, 0.1) is 0 Å². The van der Waals surface area contributed by atoms with Crippen LogP contribution in [-0.4, -0.2) is 53.8 Å². The van der Waals surface area contributed by atoms with Gasteiger partial charge in [-0.15, -0.1) is 0 Å². The molecule has 2 amide bonds. The molecule has 0 spiro atoms. The molecular formula is C28H31N3O2. The second-order valence-corrected chi connectivity index (χ2v) is 8.52. The number of nitrogens with zero attached hydrogens (tertiary/aromatic N) is 2. The highest BCUT2D eigenvalue weighted by Crippen LogP contribution is 2.13. The summed E-state index contributed by atoms with van der Waals surface area (Å²) in [7, 11) is 0. The first-order valence-corrected chi connectivity index (χ1v) is 11.6. The van der Waals surface area contributed by atoms with Gasteiger partial charge in [-0.2, -0.15) is 0 Å². The molecule has 3 aromatic carbocycles. The molecule has 0 radical (unpaired) electrons. The minimum absolute atomic E-state index is 0.00954. The lowest BCUT2D eigenvalue weighted by molar-refractivity contribution is -0.133. The summed E-state index contributed by atoms with van der Waals surface area (Å²) in [5.41, 5.74) is 2.88. The molecule has 170 valence electrons. The van der Waals surface area contributed by atoms with Gasteiger partial charge in [0.05, 0.1) is 0 Å². The van der Waals surface area contributed by atoms with Crippen molar-refractivity contribution in [3.8, 4) is 0 Å². The van der Waals surface area contributed by atoms with E-state index >= 15 is 0 Å². The second-order valence-electron chi connectivity index (χ2n) is 8.52. The Labute approximate surface area is 196 Å². The topological polar surface area (TPSA) is 52.7 Å². The standard InChI is InChI=1S/C28H31N3O2/c32-27(25-15-8-3-9-16-25)29-26(21-23-11-4-1-5-12-23)28(33)31-18-10-17-30(19-20-31)22-24-13-6-2-7-14-24/h1-9,11-16,26H,10,17-22H2,(H,29,32).